The first-order valence-electron chi connectivity index (χ1n) is 22.8. The van der Waals surface area contributed by atoms with Crippen LogP contribution in [0.1, 0.15) is 219 Å². The Morgan fingerprint density at radius 3 is 1.37 bits per heavy atom. The van der Waals surface area contributed by atoms with Crippen LogP contribution in [0.2, 0.25) is 0 Å². The van der Waals surface area contributed by atoms with E-state index < -0.39 is 13.9 Å². The number of rotatable bonds is 44. The molecule has 54 heavy (non-hydrogen) atoms. The molecule has 2 unspecified atom stereocenters. The molecule has 0 aromatic rings. The molecule has 0 spiro atoms. The van der Waals surface area contributed by atoms with Gasteiger partial charge >= 0.3 is 13.8 Å². The van der Waals surface area contributed by atoms with Gasteiger partial charge in [0, 0.05) is 19.6 Å². The molecule has 0 rings (SSSR count). The van der Waals surface area contributed by atoms with Gasteiger partial charge in [0.25, 0.3) is 0 Å². The average Bonchev–Trinajstić information content (AvgIpc) is 3.16. The van der Waals surface area contributed by atoms with Gasteiger partial charge < -0.3 is 20.1 Å². The molecule has 9 heteroatoms. The summed E-state index contributed by atoms with van der Waals surface area (Å²) in [5.41, 5.74) is 5.37. The molecule has 320 valence electrons. The van der Waals surface area contributed by atoms with Crippen molar-refractivity contribution in [3.05, 3.63) is 24.3 Å². The number of phosphoric ester groups is 1. The van der Waals surface area contributed by atoms with Crippen LogP contribution in [-0.2, 0) is 27.9 Å². The van der Waals surface area contributed by atoms with E-state index in [-0.39, 0.29) is 32.3 Å². The number of hydrogen-bond acceptors (Lipinski definition) is 7. The van der Waals surface area contributed by atoms with E-state index in [0.29, 0.717) is 13.0 Å². The van der Waals surface area contributed by atoms with Crippen LogP contribution in [0.15, 0.2) is 24.3 Å². The lowest BCUT2D eigenvalue weighted by Gasteiger charge is -2.20. The van der Waals surface area contributed by atoms with Gasteiger partial charge in [0.1, 0.15) is 6.10 Å². The average molecular weight is 786 g/mol. The maximum Gasteiger partial charge on any atom is 0.472 e. The summed E-state index contributed by atoms with van der Waals surface area (Å²) in [6.07, 6.45) is 47.7. The van der Waals surface area contributed by atoms with Crippen molar-refractivity contribution >= 4 is 13.8 Å². The maximum atomic E-state index is 12.6. The Kier molecular flexibility index (Phi) is 42.3. The highest BCUT2D eigenvalue weighted by atomic mass is 31.2. The lowest BCUT2D eigenvalue weighted by atomic mass is 10.1. The second-order valence-corrected chi connectivity index (χ2v) is 16.7. The van der Waals surface area contributed by atoms with Crippen molar-refractivity contribution in [3.63, 3.8) is 0 Å². The topological polar surface area (TPSA) is 117 Å². The summed E-state index contributed by atoms with van der Waals surface area (Å²) in [5, 5.41) is 0. The summed E-state index contributed by atoms with van der Waals surface area (Å²) in [6.45, 7) is 4.92. The number of phosphoric acid groups is 1. The lowest BCUT2D eigenvalue weighted by molar-refractivity contribution is -0.154. The van der Waals surface area contributed by atoms with E-state index in [4.69, 9.17) is 24.3 Å². The minimum atomic E-state index is -4.28. The molecular formula is C45H88NO7P. The van der Waals surface area contributed by atoms with Gasteiger partial charge in [0.2, 0.25) is 0 Å². The molecule has 0 heterocycles. The van der Waals surface area contributed by atoms with Gasteiger partial charge in [-0.1, -0.05) is 173 Å². The highest BCUT2D eigenvalue weighted by Gasteiger charge is 2.25. The summed E-state index contributed by atoms with van der Waals surface area (Å²) in [4.78, 5) is 22.5. The van der Waals surface area contributed by atoms with Crippen LogP contribution in [0.25, 0.3) is 0 Å². The van der Waals surface area contributed by atoms with E-state index in [0.717, 1.165) is 44.9 Å². The summed E-state index contributed by atoms with van der Waals surface area (Å²) in [6, 6.07) is 0. The van der Waals surface area contributed by atoms with Gasteiger partial charge in [0.05, 0.1) is 19.8 Å². The largest absolute Gasteiger partial charge is 0.472 e. The number of ether oxygens (including phenoxy) is 2. The van der Waals surface area contributed by atoms with Crippen LogP contribution < -0.4 is 5.73 Å². The predicted molar refractivity (Wildman–Crippen MR) is 229 cm³/mol. The van der Waals surface area contributed by atoms with E-state index in [1.165, 1.54) is 154 Å². The van der Waals surface area contributed by atoms with E-state index in [9.17, 15) is 14.3 Å². The molecule has 0 saturated carbocycles. The summed E-state index contributed by atoms with van der Waals surface area (Å²) < 4.78 is 33.4. The molecule has 0 aromatic heterocycles. The SMILES string of the molecule is CCCCCC/C=C\CCCCCCCC(=O)OC(COCCCCCCCCCCCC/C=C\CCCCCCCCCC)COP(=O)(O)OCCN. The van der Waals surface area contributed by atoms with Gasteiger partial charge in [0.15, 0.2) is 0 Å². The fourth-order valence-corrected chi connectivity index (χ4v) is 7.22. The molecule has 0 bridgehead atoms. The number of esters is 1. The van der Waals surface area contributed by atoms with Crippen molar-refractivity contribution in [2.45, 2.75) is 225 Å². The molecule has 3 N–H and O–H groups in total. The smallest absolute Gasteiger partial charge is 0.457 e. The molecule has 0 amide bonds. The third-order valence-corrected chi connectivity index (χ3v) is 10.8. The quantitative estimate of drug-likeness (QED) is 0.0271. The van der Waals surface area contributed by atoms with Crippen LogP contribution in [0.3, 0.4) is 0 Å². The third kappa shape index (κ3) is 42.1. The zero-order valence-corrected chi connectivity index (χ0v) is 36.4. The van der Waals surface area contributed by atoms with Gasteiger partial charge in [-0.2, -0.15) is 0 Å². The Labute approximate surface area is 334 Å². The number of carbonyl (C=O) groups is 1. The van der Waals surface area contributed by atoms with Crippen LogP contribution in [0.4, 0.5) is 0 Å². The maximum absolute atomic E-state index is 12.6. The molecule has 0 radical (unpaired) electrons. The fraction of sp³-hybridized carbons (Fsp3) is 0.889. The molecule has 0 aliphatic carbocycles. The Hall–Kier alpha value is -1.02. The minimum Gasteiger partial charge on any atom is -0.457 e. The van der Waals surface area contributed by atoms with Crippen molar-refractivity contribution in [1.29, 1.82) is 0 Å². The molecule has 2 atom stereocenters. The Morgan fingerprint density at radius 1 is 0.537 bits per heavy atom. The summed E-state index contributed by atoms with van der Waals surface area (Å²) in [7, 11) is -4.28. The van der Waals surface area contributed by atoms with Crippen molar-refractivity contribution in [2.24, 2.45) is 5.73 Å². The molecule has 0 fully saturated rings. The molecule has 0 saturated heterocycles. The van der Waals surface area contributed by atoms with Gasteiger partial charge in [-0.25, -0.2) is 4.57 Å². The standard InChI is InChI=1S/C45H88NO7P/c1-3-5-7-9-11-13-15-17-18-19-20-21-22-23-24-25-27-29-31-33-35-37-40-50-42-44(43-52-54(48,49)51-41-39-46)53-45(47)38-36-34-32-30-28-26-16-14-12-10-8-6-4-2/h14,16,19-20,44H,3-13,15,17-18,21-43,46H2,1-2H3,(H,48,49)/b16-14-,20-19-. The Bertz CT molecular complexity index is 884. The minimum absolute atomic E-state index is 0.0958. The molecular weight excluding hydrogens is 697 g/mol. The number of hydrogen-bond donors (Lipinski definition) is 2. The van der Waals surface area contributed by atoms with E-state index in [1.54, 1.807) is 0 Å². The van der Waals surface area contributed by atoms with Crippen LogP contribution in [0, 0.1) is 0 Å². The molecule has 0 aromatic carbocycles. The van der Waals surface area contributed by atoms with Crippen LogP contribution >= 0.6 is 7.82 Å². The van der Waals surface area contributed by atoms with Crippen molar-refractivity contribution < 1.29 is 32.8 Å². The van der Waals surface area contributed by atoms with E-state index in [2.05, 4.69) is 38.2 Å². The second-order valence-electron chi connectivity index (χ2n) is 15.3. The van der Waals surface area contributed by atoms with Crippen molar-refractivity contribution in [1.82, 2.24) is 0 Å². The first kappa shape index (κ1) is 53.0. The Balaban J connectivity index is 3.94. The van der Waals surface area contributed by atoms with Gasteiger partial charge in [-0.05, 0) is 64.2 Å². The summed E-state index contributed by atoms with van der Waals surface area (Å²) in [5.74, 6) is -0.338. The molecule has 0 aliphatic heterocycles. The van der Waals surface area contributed by atoms with Crippen LogP contribution in [-0.4, -0.2) is 49.9 Å². The van der Waals surface area contributed by atoms with Gasteiger partial charge in [-0.3, -0.25) is 13.8 Å². The first-order valence-corrected chi connectivity index (χ1v) is 24.3. The van der Waals surface area contributed by atoms with Crippen molar-refractivity contribution in [3.8, 4) is 0 Å². The summed E-state index contributed by atoms with van der Waals surface area (Å²) >= 11 is 0. The second kappa shape index (κ2) is 43.1. The van der Waals surface area contributed by atoms with Gasteiger partial charge in [-0.15, -0.1) is 0 Å². The highest BCUT2D eigenvalue weighted by molar-refractivity contribution is 7.47. The Morgan fingerprint density at radius 2 is 0.926 bits per heavy atom. The number of carbonyl (C=O) groups excluding carboxylic acids is 1. The first-order chi connectivity index (χ1) is 26.4. The van der Waals surface area contributed by atoms with E-state index >= 15 is 0 Å². The number of unbranched alkanes of at least 4 members (excludes halogenated alkanes) is 27. The van der Waals surface area contributed by atoms with Crippen molar-refractivity contribution in [2.75, 3.05) is 33.0 Å². The van der Waals surface area contributed by atoms with Crippen LogP contribution in [0.5, 0.6) is 0 Å². The normalized spacial score (nSPS) is 13.6. The zero-order valence-electron chi connectivity index (χ0n) is 35.5. The lowest BCUT2D eigenvalue weighted by Crippen LogP contribution is -2.28. The van der Waals surface area contributed by atoms with E-state index in [1.807, 2.05) is 0 Å². The monoisotopic (exact) mass is 786 g/mol. The third-order valence-electron chi connectivity index (χ3n) is 9.84. The molecule has 0 aliphatic rings. The fourth-order valence-electron chi connectivity index (χ4n) is 6.46. The predicted octanol–water partition coefficient (Wildman–Crippen LogP) is 13.6. The molecule has 8 nitrogen and oxygen atoms in total. The zero-order chi connectivity index (χ0) is 39.5. The number of allylic oxidation sites excluding steroid dienone is 4. The number of nitrogens with two attached hydrogens (primary N) is 1. The highest BCUT2D eigenvalue weighted by Crippen LogP contribution is 2.43.